The Kier molecular flexibility index (Phi) is 4.24. The van der Waals surface area contributed by atoms with Crippen LogP contribution in [0.15, 0.2) is 22.7 Å². The van der Waals surface area contributed by atoms with Crippen LogP contribution in [0.3, 0.4) is 0 Å². The van der Waals surface area contributed by atoms with E-state index < -0.39 is 0 Å². The maximum Gasteiger partial charge on any atom is 0.240 e. The number of carbonyl (C=O) groups excluding carboxylic acids is 1. The Morgan fingerprint density at radius 3 is 3.06 bits per heavy atom. The van der Waals surface area contributed by atoms with E-state index in [1.165, 1.54) is 5.56 Å². The van der Waals surface area contributed by atoms with Crippen LogP contribution in [0, 0.1) is 0 Å². The van der Waals surface area contributed by atoms with E-state index in [9.17, 15) is 4.79 Å². The van der Waals surface area contributed by atoms with Crippen molar-refractivity contribution in [1.82, 2.24) is 5.32 Å². The SMILES string of the molecule is CNCc1cc(Br)ccc1N1CCCC1C(N)=O. The molecular formula is C13H18BrN3O. The quantitative estimate of drug-likeness (QED) is 0.888. The summed E-state index contributed by atoms with van der Waals surface area (Å²) in [7, 11) is 1.92. The van der Waals surface area contributed by atoms with Gasteiger partial charge in [-0.15, -0.1) is 0 Å². The molecule has 0 aliphatic carbocycles. The predicted octanol–water partition coefficient (Wildman–Crippen LogP) is 1.62. The molecule has 5 heteroatoms. The maximum absolute atomic E-state index is 11.5. The number of amides is 1. The van der Waals surface area contributed by atoms with E-state index in [0.29, 0.717) is 0 Å². The van der Waals surface area contributed by atoms with E-state index in [4.69, 9.17) is 5.73 Å². The lowest BCUT2D eigenvalue weighted by Gasteiger charge is -2.27. The molecule has 0 radical (unpaired) electrons. The second-order valence-electron chi connectivity index (χ2n) is 4.56. The molecule has 1 aromatic carbocycles. The number of nitrogens with one attached hydrogen (secondary N) is 1. The molecule has 1 saturated heterocycles. The number of benzene rings is 1. The second-order valence-corrected chi connectivity index (χ2v) is 5.47. The molecule has 0 aromatic heterocycles. The van der Waals surface area contributed by atoms with E-state index >= 15 is 0 Å². The molecule has 1 fully saturated rings. The summed E-state index contributed by atoms with van der Waals surface area (Å²) in [6.45, 7) is 1.67. The minimum atomic E-state index is -0.231. The number of carbonyl (C=O) groups is 1. The minimum absolute atomic E-state index is 0.165. The summed E-state index contributed by atoms with van der Waals surface area (Å²) >= 11 is 3.48. The van der Waals surface area contributed by atoms with Gasteiger partial charge in [0.25, 0.3) is 0 Å². The monoisotopic (exact) mass is 311 g/mol. The Hall–Kier alpha value is -1.07. The Bertz CT molecular complexity index is 450. The van der Waals surface area contributed by atoms with Crippen LogP contribution in [0.25, 0.3) is 0 Å². The summed E-state index contributed by atoms with van der Waals surface area (Å²) < 4.78 is 1.05. The Labute approximate surface area is 116 Å². The third-order valence-electron chi connectivity index (χ3n) is 3.30. The molecule has 1 aliphatic rings. The van der Waals surface area contributed by atoms with Crippen molar-refractivity contribution in [2.24, 2.45) is 5.73 Å². The third-order valence-corrected chi connectivity index (χ3v) is 3.79. The average Bonchev–Trinajstić information content (AvgIpc) is 2.78. The second kappa shape index (κ2) is 5.71. The van der Waals surface area contributed by atoms with Gasteiger partial charge in [0.2, 0.25) is 5.91 Å². The largest absolute Gasteiger partial charge is 0.368 e. The van der Waals surface area contributed by atoms with Crippen molar-refractivity contribution in [3.8, 4) is 0 Å². The zero-order valence-electron chi connectivity index (χ0n) is 10.4. The molecule has 1 atom stereocenters. The van der Waals surface area contributed by atoms with Gasteiger partial charge in [-0.25, -0.2) is 0 Å². The van der Waals surface area contributed by atoms with E-state index in [1.54, 1.807) is 0 Å². The lowest BCUT2D eigenvalue weighted by molar-refractivity contribution is -0.119. The number of nitrogens with two attached hydrogens (primary N) is 1. The third kappa shape index (κ3) is 2.67. The number of anilines is 1. The summed E-state index contributed by atoms with van der Waals surface area (Å²) in [5.74, 6) is -0.231. The van der Waals surface area contributed by atoms with Gasteiger partial charge >= 0.3 is 0 Å². The van der Waals surface area contributed by atoms with Crippen LogP contribution in [0.2, 0.25) is 0 Å². The first kappa shape index (κ1) is 13.4. The van der Waals surface area contributed by atoms with Crippen molar-refractivity contribution in [2.45, 2.75) is 25.4 Å². The van der Waals surface area contributed by atoms with Gasteiger partial charge in [0, 0.05) is 23.2 Å². The number of halogens is 1. The van der Waals surface area contributed by atoms with E-state index in [1.807, 2.05) is 13.1 Å². The fourth-order valence-electron chi connectivity index (χ4n) is 2.52. The van der Waals surface area contributed by atoms with Gasteiger partial charge in [-0.1, -0.05) is 15.9 Å². The van der Waals surface area contributed by atoms with E-state index in [-0.39, 0.29) is 11.9 Å². The topological polar surface area (TPSA) is 58.4 Å². The first-order valence-electron chi connectivity index (χ1n) is 6.12. The minimum Gasteiger partial charge on any atom is -0.368 e. The van der Waals surface area contributed by atoms with Crippen LogP contribution in [0.1, 0.15) is 18.4 Å². The predicted molar refractivity (Wildman–Crippen MR) is 76.5 cm³/mol. The molecule has 4 nitrogen and oxygen atoms in total. The molecule has 18 heavy (non-hydrogen) atoms. The smallest absolute Gasteiger partial charge is 0.240 e. The average molecular weight is 312 g/mol. The molecule has 0 saturated carbocycles. The van der Waals surface area contributed by atoms with Crippen LogP contribution in [0.5, 0.6) is 0 Å². The van der Waals surface area contributed by atoms with E-state index in [2.05, 4.69) is 38.3 Å². The number of hydrogen-bond donors (Lipinski definition) is 2. The summed E-state index contributed by atoms with van der Waals surface area (Å²) in [6.07, 6.45) is 1.87. The standard InChI is InChI=1S/C13H18BrN3O/c1-16-8-9-7-10(14)4-5-11(9)17-6-2-3-12(17)13(15)18/h4-5,7,12,16H,2-3,6,8H2,1H3,(H2,15,18). The van der Waals surface area contributed by atoms with Gasteiger partial charge < -0.3 is 16.0 Å². The van der Waals surface area contributed by atoms with Crippen molar-refractivity contribution in [1.29, 1.82) is 0 Å². The number of hydrogen-bond acceptors (Lipinski definition) is 3. The number of nitrogens with zero attached hydrogens (tertiary/aromatic N) is 1. The molecule has 0 bridgehead atoms. The molecule has 1 heterocycles. The molecule has 98 valence electrons. The fourth-order valence-corrected chi connectivity index (χ4v) is 2.93. The number of primary amides is 1. The Morgan fingerprint density at radius 2 is 2.39 bits per heavy atom. The summed E-state index contributed by atoms with van der Waals surface area (Å²) in [6, 6.07) is 5.98. The molecule has 1 amide bonds. The summed E-state index contributed by atoms with van der Waals surface area (Å²) in [5.41, 5.74) is 7.76. The molecule has 1 aliphatic heterocycles. The van der Waals surface area contributed by atoms with Gasteiger partial charge in [-0.2, -0.15) is 0 Å². The van der Waals surface area contributed by atoms with Crippen molar-refractivity contribution in [2.75, 3.05) is 18.5 Å². The molecular weight excluding hydrogens is 294 g/mol. The number of rotatable bonds is 4. The lowest BCUT2D eigenvalue weighted by Crippen LogP contribution is -2.40. The highest BCUT2D eigenvalue weighted by Crippen LogP contribution is 2.30. The first-order chi connectivity index (χ1) is 8.63. The van der Waals surface area contributed by atoms with Crippen molar-refractivity contribution in [3.63, 3.8) is 0 Å². The molecule has 0 spiro atoms. The Balaban J connectivity index is 2.34. The zero-order chi connectivity index (χ0) is 13.1. The van der Waals surface area contributed by atoms with Crippen LogP contribution < -0.4 is 16.0 Å². The van der Waals surface area contributed by atoms with Crippen molar-refractivity contribution >= 4 is 27.5 Å². The van der Waals surface area contributed by atoms with Crippen molar-refractivity contribution in [3.05, 3.63) is 28.2 Å². The summed E-state index contributed by atoms with van der Waals surface area (Å²) in [4.78, 5) is 13.6. The van der Waals surface area contributed by atoms with Gasteiger partial charge in [-0.05, 0) is 43.7 Å². The van der Waals surface area contributed by atoms with Gasteiger partial charge in [0.05, 0.1) is 0 Å². The van der Waals surface area contributed by atoms with E-state index in [0.717, 1.165) is 36.1 Å². The fraction of sp³-hybridized carbons (Fsp3) is 0.462. The highest BCUT2D eigenvalue weighted by molar-refractivity contribution is 9.10. The van der Waals surface area contributed by atoms with Crippen LogP contribution >= 0.6 is 15.9 Å². The lowest BCUT2D eigenvalue weighted by atomic mass is 10.1. The molecule has 2 rings (SSSR count). The normalized spacial score (nSPS) is 19.2. The van der Waals surface area contributed by atoms with Gasteiger partial charge in [-0.3, -0.25) is 4.79 Å². The maximum atomic E-state index is 11.5. The molecule has 1 unspecified atom stereocenters. The molecule has 3 N–H and O–H groups in total. The van der Waals surface area contributed by atoms with Gasteiger partial charge in [0.15, 0.2) is 0 Å². The highest BCUT2D eigenvalue weighted by atomic mass is 79.9. The first-order valence-corrected chi connectivity index (χ1v) is 6.91. The molecule has 1 aromatic rings. The van der Waals surface area contributed by atoms with Gasteiger partial charge in [0.1, 0.15) is 6.04 Å². The van der Waals surface area contributed by atoms with Crippen LogP contribution in [0.4, 0.5) is 5.69 Å². The summed E-state index contributed by atoms with van der Waals surface area (Å²) in [5, 5.41) is 3.16. The van der Waals surface area contributed by atoms with Crippen molar-refractivity contribution < 1.29 is 4.79 Å². The highest BCUT2D eigenvalue weighted by Gasteiger charge is 2.30. The van der Waals surface area contributed by atoms with Crippen LogP contribution in [-0.4, -0.2) is 25.5 Å². The zero-order valence-corrected chi connectivity index (χ0v) is 12.0. The van der Waals surface area contributed by atoms with Crippen LogP contribution in [-0.2, 0) is 11.3 Å². The Morgan fingerprint density at radius 1 is 1.61 bits per heavy atom.